The fraction of sp³-hybridized carbons (Fsp3) is 0.0667. The lowest BCUT2D eigenvalue weighted by Gasteiger charge is -1.99. The number of amides is 1. The number of aromatic nitrogens is 2. The van der Waals surface area contributed by atoms with E-state index in [1.165, 1.54) is 11.3 Å². The molecule has 3 aromatic rings. The Morgan fingerprint density at radius 2 is 2.19 bits per heavy atom. The van der Waals surface area contributed by atoms with Gasteiger partial charge >= 0.3 is 0 Å². The molecule has 0 atom stereocenters. The number of nitrogens with zero attached hydrogens (tertiary/aromatic N) is 2. The van der Waals surface area contributed by atoms with Gasteiger partial charge in [0.1, 0.15) is 5.69 Å². The van der Waals surface area contributed by atoms with Gasteiger partial charge in [0, 0.05) is 22.2 Å². The zero-order valence-corrected chi connectivity index (χ0v) is 12.4. The Hall–Kier alpha value is -2.29. The molecule has 1 amide bonds. The minimum Gasteiger partial charge on any atom is -0.340 e. The molecule has 21 heavy (non-hydrogen) atoms. The van der Waals surface area contributed by atoms with Crippen LogP contribution in [0.1, 0.15) is 10.5 Å². The summed E-state index contributed by atoms with van der Waals surface area (Å²) in [6.07, 6.45) is 6.98. The molecule has 104 valence electrons. The average molecular weight is 316 g/mol. The number of hydrogen-bond acceptors (Lipinski definition) is 3. The molecule has 0 aliphatic rings. The molecule has 6 heteroatoms. The number of thiazole rings is 1. The molecule has 0 bridgehead atoms. The summed E-state index contributed by atoms with van der Waals surface area (Å²) in [7, 11) is 0. The first-order valence-corrected chi connectivity index (χ1v) is 7.39. The maximum atomic E-state index is 12.0. The van der Waals surface area contributed by atoms with E-state index >= 15 is 0 Å². The third-order valence-corrected chi connectivity index (χ3v) is 4.02. The highest BCUT2D eigenvalue weighted by Crippen LogP contribution is 2.24. The van der Waals surface area contributed by atoms with Crippen LogP contribution in [0, 0.1) is 12.3 Å². The van der Waals surface area contributed by atoms with Crippen LogP contribution in [-0.4, -0.2) is 21.8 Å². The Morgan fingerprint density at radius 3 is 2.90 bits per heavy atom. The normalized spacial score (nSPS) is 10.5. The molecule has 2 heterocycles. The Bertz CT molecular complexity index is 842. The molecule has 0 saturated heterocycles. The van der Waals surface area contributed by atoms with E-state index in [0.29, 0.717) is 10.7 Å². The fourth-order valence-corrected chi connectivity index (χ4v) is 2.91. The molecule has 2 aromatic heterocycles. The van der Waals surface area contributed by atoms with Gasteiger partial charge < -0.3 is 5.32 Å². The zero-order chi connectivity index (χ0) is 14.8. The maximum Gasteiger partial charge on any atom is 0.269 e. The van der Waals surface area contributed by atoms with E-state index in [0.717, 1.165) is 16.2 Å². The third kappa shape index (κ3) is 2.64. The number of benzene rings is 1. The Kier molecular flexibility index (Phi) is 3.65. The van der Waals surface area contributed by atoms with Crippen LogP contribution in [0.5, 0.6) is 0 Å². The number of hydrogen-bond donors (Lipinski definition) is 1. The third-order valence-electron chi connectivity index (χ3n) is 2.93. The molecule has 1 aromatic carbocycles. The highest BCUT2D eigenvalue weighted by Gasteiger charge is 2.14. The molecule has 0 radical (unpaired) electrons. The second-order valence-electron chi connectivity index (χ2n) is 4.29. The van der Waals surface area contributed by atoms with Crippen LogP contribution in [0.2, 0.25) is 5.02 Å². The largest absolute Gasteiger partial charge is 0.340 e. The molecule has 3 rings (SSSR count). The second-order valence-corrected chi connectivity index (χ2v) is 5.57. The highest BCUT2D eigenvalue weighted by atomic mass is 35.5. The van der Waals surface area contributed by atoms with Crippen molar-refractivity contribution in [2.75, 3.05) is 6.54 Å². The van der Waals surface area contributed by atoms with Crippen LogP contribution >= 0.6 is 22.9 Å². The molecule has 0 aliphatic heterocycles. The van der Waals surface area contributed by atoms with Crippen molar-refractivity contribution in [2.45, 2.75) is 0 Å². The molecule has 0 spiro atoms. The number of halogens is 1. The van der Waals surface area contributed by atoms with Gasteiger partial charge in [0.25, 0.3) is 5.91 Å². The number of rotatable bonds is 3. The number of fused-ring (bicyclic) bond motifs is 1. The van der Waals surface area contributed by atoms with Gasteiger partial charge in [0.15, 0.2) is 4.96 Å². The summed E-state index contributed by atoms with van der Waals surface area (Å²) in [4.78, 5) is 17.3. The second kappa shape index (κ2) is 5.60. The van der Waals surface area contributed by atoms with Gasteiger partial charge in [-0.1, -0.05) is 29.7 Å². The van der Waals surface area contributed by atoms with Crippen molar-refractivity contribution in [1.29, 1.82) is 0 Å². The summed E-state index contributed by atoms with van der Waals surface area (Å²) in [6.45, 7) is 0.203. The summed E-state index contributed by atoms with van der Waals surface area (Å²) >= 11 is 7.29. The highest BCUT2D eigenvalue weighted by molar-refractivity contribution is 7.15. The molecule has 1 N–H and O–H groups in total. The Morgan fingerprint density at radius 1 is 1.43 bits per heavy atom. The Labute approximate surface area is 130 Å². The summed E-state index contributed by atoms with van der Waals surface area (Å²) < 4.78 is 1.76. The maximum absolute atomic E-state index is 12.0. The van der Waals surface area contributed by atoms with Crippen LogP contribution in [0.15, 0.2) is 35.8 Å². The van der Waals surface area contributed by atoms with Crippen LogP contribution in [0.4, 0.5) is 0 Å². The molecule has 0 saturated carbocycles. The molecule has 0 aliphatic carbocycles. The SMILES string of the molecule is C#CCNC(=O)c1csc2nc(-c3ccc(Cl)cc3)cn12. The standard InChI is InChI=1S/C15H10ClN3OS/c1-2-7-17-14(20)13-9-21-15-18-12(8-19(13)15)10-3-5-11(16)6-4-10/h1,3-6,8-9H,7H2,(H,17,20). The van der Waals surface area contributed by atoms with Crippen LogP contribution in [-0.2, 0) is 0 Å². The fourth-order valence-electron chi connectivity index (χ4n) is 1.93. The van der Waals surface area contributed by atoms with Crippen molar-refractivity contribution in [3.8, 4) is 23.6 Å². The number of terminal acetylenes is 1. The lowest BCUT2D eigenvalue weighted by atomic mass is 10.2. The topological polar surface area (TPSA) is 46.4 Å². The van der Waals surface area contributed by atoms with Gasteiger partial charge in [-0.2, -0.15) is 0 Å². The predicted molar refractivity (Wildman–Crippen MR) is 84.7 cm³/mol. The van der Waals surface area contributed by atoms with E-state index in [4.69, 9.17) is 18.0 Å². The van der Waals surface area contributed by atoms with Crippen molar-refractivity contribution in [2.24, 2.45) is 0 Å². The summed E-state index contributed by atoms with van der Waals surface area (Å²) in [6, 6.07) is 7.41. The van der Waals surface area contributed by atoms with E-state index in [9.17, 15) is 4.79 Å². The number of nitrogens with one attached hydrogen (secondary N) is 1. The van der Waals surface area contributed by atoms with E-state index in [-0.39, 0.29) is 12.5 Å². The average Bonchev–Trinajstić information content (AvgIpc) is 3.05. The first-order valence-electron chi connectivity index (χ1n) is 6.13. The van der Waals surface area contributed by atoms with Gasteiger partial charge in [-0.15, -0.1) is 17.8 Å². The minimum atomic E-state index is -0.209. The molecule has 0 fully saturated rings. The molecule has 4 nitrogen and oxygen atoms in total. The van der Waals surface area contributed by atoms with Crippen molar-refractivity contribution >= 4 is 33.8 Å². The monoisotopic (exact) mass is 315 g/mol. The quantitative estimate of drug-likeness (QED) is 0.755. The van der Waals surface area contributed by atoms with Crippen molar-refractivity contribution in [3.63, 3.8) is 0 Å². The van der Waals surface area contributed by atoms with Crippen molar-refractivity contribution in [3.05, 3.63) is 46.6 Å². The molecular weight excluding hydrogens is 306 g/mol. The summed E-state index contributed by atoms with van der Waals surface area (Å²) in [5, 5.41) is 5.09. The van der Waals surface area contributed by atoms with Gasteiger partial charge in [0.05, 0.1) is 12.2 Å². The lowest BCUT2D eigenvalue weighted by molar-refractivity contribution is 0.0953. The first-order chi connectivity index (χ1) is 10.2. The Balaban J connectivity index is 1.98. The number of carbonyl (C=O) groups excluding carboxylic acids is 1. The first kappa shape index (κ1) is 13.7. The van der Waals surface area contributed by atoms with E-state index in [1.54, 1.807) is 9.78 Å². The number of imidazole rings is 1. The van der Waals surface area contributed by atoms with Crippen LogP contribution in [0.3, 0.4) is 0 Å². The summed E-state index contributed by atoms with van der Waals surface area (Å²) in [5.74, 6) is 2.17. The van der Waals surface area contributed by atoms with Crippen molar-refractivity contribution in [1.82, 2.24) is 14.7 Å². The lowest BCUT2D eigenvalue weighted by Crippen LogP contribution is -2.24. The predicted octanol–water partition coefficient (Wildman–Crippen LogP) is 3.08. The van der Waals surface area contributed by atoms with Gasteiger partial charge in [-0.3, -0.25) is 9.20 Å². The van der Waals surface area contributed by atoms with Gasteiger partial charge in [-0.25, -0.2) is 4.98 Å². The van der Waals surface area contributed by atoms with E-state index < -0.39 is 0 Å². The van der Waals surface area contributed by atoms with Crippen molar-refractivity contribution < 1.29 is 4.79 Å². The zero-order valence-electron chi connectivity index (χ0n) is 10.8. The molecular formula is C15H10ClN3OS. The molecule has 0 unspecified atom stereocenters. The van der Waals surface area contributed by atoms with Gasteiger partial charge in [-0.05, 0) is 12.1 Å². The van der Waals surface area contributed by atoms with Crippen LogP contribution < -0.4 is 5.32 Å². The van der Waals surface area contributed by atoms with Gasteiger partial charge in [0.2, 0.25) is 0 Å². The minimum absolute atomic E-state index is 0.203. The van der Waals surface area contributed by atoms with E-state index in [1.807, 2.05) is 30.5 Å². The number of carbonyl (C=O) groups is 1. The van der Waals surface area contributed by atoms with Crippen LogP contribution in [0.25, 0.3) is 16.2 Å². The summed E-state index contributed by atoms with van der Waals surface area (Å²) in [5.41, 5.74) is 2.27. The van der Waals surface area contributed by atoms with E-state index in [2.05, 4.69) is 16.2 Å². The smallest absolute Gasteiger partial charge is 0.269 e.